The van der Waals surface area contributed by atoms with Crippen LogP contribution in [-0.4, -0.2) is 44.7 Å². The van der Waals surface area contributed by atoms with Crippen LogP contribution in [0.4, 0.5) is 0 Å². The third-order valence-electron chi connectivity index (χ3n) is 3.78. The lowest BCUT2D eigenvalue weighted by Crippen LogP contribution is -2.47. The summed E-state index contributed by atoms with van der Waals surface area (Å²) in [5, 5.41) is 0. The fourth-order valence-corrected chi connectivity index (χ4v) is 3.32. The van der Waals surface area contributed by atoms with Crippen molar-refractivity contribution in [3.05, 3.63) is 60.2 Å². The Morgan fingerprint density at radius 1 is 0.964 bits per heavy atom. The lowest BCUT2D eigenvalue weighted by atomic mass is 10.2. The summed E-state index contributed by atoms with van der Waals surface area (Å²) in [5.74, 6) is -0.467. The number of hydrogen-bond donors (Lipinski definition) is 2. The molecule has 0 saturated heterocycles. The van der Waals surface area contributed by atoms with Gasteiger partial charge in [0.25, 0.3) is 5.91 Å². The molecule has 0 heterocycles. The van der Waals surface area contributed by atoms with Crippen LogP contribution in [0.3, 0.4) is 0 Å². The molecule has 28 heavy (non-hydrogen) atoms. The van der Waals surface area contributed by atoms with E-state index in [1.165, 1.54) is 19.2 Å². The van der Waals surface area contributed by atoms with Crippen LogP contribution >= 0.6 is 0 Å². The Bertz CT molecular complexity index is 899. The number of likely N-dealkylation sites (N-methyl/N-ethyl adjacent to an activating group) is 1. The number of carbonyl (C=O) groups excluding carboxylic acids is 2. The minimum absolute atomic E-state index is 0.0344. The summed E-state index contributed by atoms with van der Waals surface area (Å²) >= 11 is 0. The van der Waals surface area contributed by atoms with Gasteiger partial charge in [-0.15, -0.1) is 0 Å². The van der Waals surface area contributed by atoms with Gasteiger partial charge in [-0.2, -0.15) is 4.31 Å². The molecular formula is C19H23N3O5S. The van der Waals surface area contributed by atoms with Crippen molar-refractivity contribution in [3.8, 4) is 5.75 Å². The molecule has 0 atom stereocenters. The summed E-state index contributed by atoms with van der Waals surface area (Å²) in [4.78, 5) is 23.8. The second kappa shape index (κ2) is 9.86. The molecule has 0 spiro atoms. The smallest absolute Gasteiger partial charge is 0.253 e. The highest BCUT2D eigenvalue weighted by atomic mass is 32.2. The number of nitrogens with zero attached hydrogens (tertiary/aromatic N) is 1. The number of ether oxygens (including phenoxy) is 1. The van der Waals surface area contributed by atoms with Gasteiger partial charge in [-0.25, -0.2) is 8.42 Å². The predicted molar refractivity (Wildman–Crippen MR) is 104 cm³/mol. The number of para-hydroxylation sites is 1. The molecule has 0 aliphatic heterocycles. The number of aryl methyl sites for hydroxylation is 1. The molecule has 0 unspecified atom stereocenters. The fourth-order valence-electron chi connectivity index (χ4n) is 2.20. The zero-order valence-electron chi connectivity index (χ0n) is 15.7. The van der Waals surface area contributed by atoms with Crippen molar-refractivity contribution < 1.29 is 22.7 Å². The van der Waals surface area contributed by atoms with Gasteiger partial charge in [-0.05, 0) is 31.2 Å². The summed E-state index contributed by atoms with van der Waals surface area (Å²) in [5.41, 5.74) is 5.36. The molecule has 2 amide bonds. The SMILES string of the molecule is Cc1ccc(S(=O)(=O)N(C)CC(=O)NNC(=O)CCOc2ccccc2)cc1. The number of rotatable bonds is 8. The van der Waals surface area contributed by atoms with E-state index in [0.29, 0.717) is 5.75 Å². The van der Waals surface area contributed by atoms with Gasteiger partial charge in [0, 0.05) is 7.05 Å². The minimum Gasteiger partial charge on any atom is -0.493 e. The Kier molecular flexibility index (Phi) is 7.53. The van der Waals surface area contributed by atoms with Crippen molar-refractivity contribution in [2.24, 2.45) is 0 Å². The van der Waals surface area contributed by atoms with E-state index < -0.39 is 28.4 Å². The first kappa shape index (κ1) is 21.4. The molecule has 150 valence electrons. The van der Waals surface area contributed by atoms with Gasteiger partial charge < -0.3 is 4.74 Å². The van der Waals surface area contributed by atoms with Crippen LogP contribution in [0.15, 0.2) is 59.5 Å². The van der Waals surface area contributed by atoms with Crippen molar-refractivity contribution in [2.45, 2.75) is 18.2 Å². The number of benzene rings is 2. The van der Waals surface area contributed by atoms with Crippen molar-refractivity contribution in [1.29, 1.82) is 0 Å². The van der Waals surface area contributed by atoms with Gasteiger partial charge in [-0.1, -0.05) is 35.9 Å². The molecule has 0 aliphatic carbocycles. The van der Waals surface area contributed by atoms with Crippen molar-refractivity contribution in [3.63, 3.8) is 0 Å². The molecule has 8 nitrogen and oxygen atoms in total. The highest BCUT2D eigenvalue weighted by molar-refractivity contribution is 7.89. The summed E-state index contributed by atoms with van der Waals surface area (Å²) in [6, 6.07) is 15.3. The fraction of sp³-hybridized carbons (Fsp3) is 0.263. The first-order valence-electron chi connectivity index (χ1n) is 8.57. The number of amides is 2. The number of nitrogens with one attached hydrogen (secondary N) is 2. The van der Waals surface area contributed by atoms with E-state index in [4.69, 9.17) is 4.74 Å². The molecule has 2 N–H and O–H groups in total. The molecule has 0 fully saturated rings. The molecule has 0 aliphatic rings. The maximum absolute atomic E-state index is 12.4. The molecule has 0 aromatic heterocycles. The van der Waals surface area contributed by atoms with Gasteiger partial charge in [0.1, 0.15) is 5.75 Å². The van der Waals surface area contributed by atoms with E-state index in [1.807, 2.05) is 25.1 Å². The lowest BCUT2D eigenvalue weighted by Gasteiger charge is -2.17. The van der Waals surface area contributed by atoms with Gasteiger partial charge in [0.15, 0.2) is 0 Å². The first-order chi connectivity index (χ1) is 13.3. The average molecular weight is 405 g/mol. The summed E-state index contributed by atoms with van der Waals surface area (Å²) in [7, 11) is -2.50. The van der Waals surface area contributed by atoms with Gasteiger partial charge >= 0.3 is 0 Å². The molecular weight excluding hydrogens is 382 g/mol. The van der Waals surface area contributed by atoms with E-state index in [0.717, 1.165) is 9.87 Å². The summed E-state index contributed by atoms with van der Waals surface area (Å²) in [6.07, 6.45) is 0.0344. The molecule has 9 heteroatoms. The molecule has 0 radical (unpaired) electrons. The second-order valence-electron chi connectivity index (χ2n) is 6.08. The number of hydrogen-bond acceptors (Lipinski definition) is 5. The average Bonchev–Trinajstić information content (AvgIpc) is 2.67. The van der Waals surface area contributed by atoms with Gasteiger partial charge in [-0.3, -0.25) is 20.4 Å². The Morgan fingerprint density at radius 3 is 2.21 bits per heavy atom. The van der Waals surface area contributed by atoms with Gasteiger partial charge in [0.2, 0.25) is 15.9 Å². The predicted octanol–water partition coefficient (Wildman–Crippen LogP) is 1.23. The minimum atomic E-state index is -3.79. The monoisotopic (exact) mass is 405 g/mol. The van der Waals surface area contributed by atoms with E-state index in [9.17, 15) is 18.0 Å². The van der Waals surface area contributed by atoms with Crippen LogP contribution in [0, 0.1) is 6.92 Å². The van der Waals surface area contributed by atoms with Crippen LogP contribution in [0.1, 0.15) is 12.0 Å². The second-order valence-corrected chi connectivity index (χ2v) is 8.13. The van der Waals surface area contributed by atoms with Crippen LogP contribution in [0.5, 0.6) is 5.75 Å². The number of sulfonamides is 1. The molecule has 2 rings (SSSR count). The molecule has 2 aromatic carbocycles. The third-order valence-corrected chi connectivity index (χ3v) is 5.60. The molecule has 0 saturated carbocycles. The van der Waals surface area contributed by atoms with Crippen molar-refractivity contribution in [2.75, 3.05) is 20.2 Å². The zero-order valence-corrected chi connectivity index (χ0v) is 16.5. The van der Waals surface area contributed by atoms with E-state index in [1.54, 1.807) is 24.3 Å². The van der Waals surface area contributed by atoms with Crippen LogP contribution < -0.4 is 15.6 Å². The summed E-state index contributed by atoms with van der Waals surface area (Å²) < 4.78 is 31.2. The standard InChI is InChI=1S/C19H23N3O5S/c1-15-8-10-17(11-9-15)28(25,26)22(2)14-19(24)21-20-18(23)12-13-27-16-6-4-3-5-7-16/h3-11H,12-14H2,1-2H3,(H,20,23)(H,21,24). The maximum Gasteiger partial charge on any atom is 0.253 e. The number of hydrazine groups is 1. The summed E-state index contributed by atoms with van der Waals surface area (Å²) in [6.45, 7) is 1.56. The largest absolute Gasteiger partial charge is 0.493 e. The van der Waals surface area contributed by atoms with Gasteiger partial charge in [0.05, 0.1) is 24.5 Å². The Hall–Kier alpha value is -2.91. The van der Waals surface area contributed by atoms with E-state index >= 15 is 0 Å². The topological polar surface area (TPSA) is 105 Å². The van der Waals surface area contributed by atoms with E-state index in [2.05, 4.69) is 10.9 Å². The Balaban J connectivity index is 1.75. The van der Waals surface area contributed by atoms with E-state index in [-0.39, 0.29) is 17.9 Å². The quantitative estimate of drug-likeness (QED) is 0.643. The lowest BCUT2D eigenvalue weighted by molar-refractivity contribution is -0.129. The third kappa shape index (κ3) is 6.36. The number of carbonyl (C=O) groups is 2. The normalized spacial score (nSPS) is 11.1. The zero-order chi connectivity index (χ0) is 20.6. The van der Waals surface area contributed by atoms with Crippen molar-refractivity contribution >= 4 is 21.8 Å². The van der Waals surface area contributed by atoms with Crippen LogP contribution in [0.25, 0.3) is 0 Å². The highest BCUT2D eigenvalue weighted by Crippen LogP contribution is 2.14. The first-order valence-corrected chi connectivity index (χ1v) is 10.0. The highest BCUT2D eigenvalue weighted by Gasteiger charge is 2.22. The molecule has 2 aromatic rings. The maximum atomic E-state index is 12.4. The van der Waals surface area contributed by atoms with Crippen molar-refractivity contribution in [1.82, 2.24) is 15.2 Å². The Labute approximate surface area is 164 Å². The van der Waals surface area contributed by atoms with Crippen LogP contribution in [-0.2, 0) is 19.6 Å². The van der Waals surface area contributed by atoms with Crippen LogP contribution in [0.2, 0.25) is 0 Å². The Morgan fingerprint density at radius 2 is 1.57 bits per heavy atom. The molecule has 0 bridgehead atoms.